The van der Waals surface area contributed by atoms with Gasteiger partial charge in [0.25, 0.3) is 0 Å². The first-order chi connectivity index (χ1) is 28.8. The van der Waals surface area contributed by atoms with Gasteiger partial charge in [-0.25, -0.2) is 0 Å². The van der Waals surface area contributed by atoms with E-state index >= 15 is 0 Å². The summed E-state index contributed by atoms with van der Waals surface area (Å²) in [5, 5.41) is 2.49. The lowest BCUT2D eigenvalue weighted by Gasteiger charge is -2.31. The van der Waals surface area contributed by atoms with Gasteiger partial charge in [-0.3, -0.25) is 0 Å². The predicted octanol–water partition coefficient (Wildman–Crippen LogP) is 16.6. The van der Waals surface area contributed by atoms with Crippen molar-refractivity contribution in [1.29, 1.82) is 0 Å². The van der Waals surface area contributed by atoms with E-state index in [0.29, 0.717) is 0 Å². The summed E-state index contributed by atoms with van der Waals surface area (Å²) in [6.45, 7) is 28.2. The maximum absolute atomic E-state index is 6.92. The fraction of sp³-hybridized carbons (Fsp3) is 0.288. The zero-order chi connectivity index (χ0) is 42.8. The molecule has 0 saturated carbocycles. The molecule has 0 atom stereocenters. The standard InChI is InChI=1S/C59H57NO/c1-55(2,3)34-29-44-52-51(61-54(44)50(30-34)56(4,5)6)28-27-43-42-26-23-37(33-49(42)59(11,12)53(43)52)60(35-21-24-40-38-17-13-15-19-45(38)57(7,8)47(40)31-35)36-22-25-41-39-18-14-16-20-46(39)58(9,10)48(41)32-36/h13-33H,1-12H3. The summed E-state index contributed by atoms with van der Waals surface area (Å²) in [7, 11) is 0. The average molecular weight is 796 g/mol. The topological polar surface area (TPSA) is 16.4 Å². The Hall–Kier alpha value is -5.86. The third-order valence-corrected chi connectivity index (χ3v) is 14.9. The van der Waals surface area contributed by atoms with Crippen LogP contribution in [0.15, 0.2) is 132 Å². The Morgan fingerprint density at radius 2 is 0.869 bits per heavy atom. The highest BCUT2D eigenvalue weighted by atomic mass is 16.3. The minimum Gasteiger partial charge on any atom is -0.456 e. The molecule has 1 aromatic heterocycles. The van der Waals surface area contributed by atoms with Gasteiger partial charge < -0.3 is 9.32 Å². The van der Waals surface area contributed by atoms with Crippen molar-refractivity contribution < 1.29 is 4.42 Å². The molecule has 0 radical (unpaired) electrons. The predicted molar refractivity (Wildman–Crippen MR) is 258 cm³/mol. The van der Waals surface area contributed by atoms with Gasteiger partial charge in [0.05, 0.1) is 0 Å². The highest BCUT2D eigenvalue weighted by molar-refractivity contribution is 6.12. The summed E-state index contributed by atoms with van der Waals surface area (Å²) in [5.41, 5.74) is 23.7. The molecule has 0 aliphatic heterocycles. The van der Waals surface area contributed by atoms with Gasteiger partial charge in [-0.05, 0) is 132 Å². The molecule has 3 aliphatic carbocycles. The van der Waals surface area contributed by atoms with Crippen LogP contribution in [0.2, 0.25) is 0 Å². The summed E-state index contributed by atoms with van der Waals surface area (Å²) in [5.74, 6) is 0. The Morgan fingerprint density at radius 1 is 0.426 bits per heavy atom. The third-order valence-electron chi connectivity index (χ3n) is 14.9. The molecule has 0 spiro atoms. The van der Waals surface area contributed by atoms with Crippen LogP contribution in [0, 0.1) is 0 Å². The molecule has 0 N–H and O–H groups in total. The molecule has 11 rings (SSSR count). The second-order valence-corrected chi connectivity index (χ2v) is 21.9. The van der Waals surface area contributed by atoms with Gasteiger partial charge in [0, 0.05) is 49.6 Å². The molecule has 304 valence electrons. The van der Waals surface area contributed by atoms with E-state index < -0.39 is 0 Å². The van der Waals surface area contributed by atoms with Gasteiger partial charge in [0.1, 0.15) is 11.2 Å². The highest BCUT2D eigenvalue weighted by Gasteiger charge is 2.41. The number of hydrogen-bond acceptors (Lipinski definition) is 2. The van der Waals surface area contributed by atoms with Gasteiger partial charge in [-0.2, -0.15) is 0 Å². The van der Waals surface area contributed by atoms with Crippen LogP contribution in [0.25, 0.3) is 55.3 Å². The molecule has 2 nitrogen and oxygen atoms in total. The summed E-state index contributed by atoms with van der Waals surface area (Å²) >= 11 is 0. The number of nitrogens with zero attached hydrogens (tertiary/aromatic N) is 1. The van der Waals surface area contributed by atoms with Crippen LogP contribution < -0.4 is 4.90 Å². The van der Waals surface area contributed by atoms with Crippen molar-refractivity contribution in [2.45, 2.75) is 110 Å². The third kappa shape index (κ3) is 5.21. The Labute approximate surface area is 362 Å². The molecule has 0 fully saturated rings. The lowest BCUT2D eigenvalue weighted by atomic mass is 9.77. The molecule has 1 heterocycles. The Balaban J connectivity index is 1.12. The van der Waals surface area contributed by atoms with Crippen molar-refractivity contribution in [3.8, 4) is 33.4 Å². The van der Waals surface area contributed by atoms with Crippen LogP contribution in [-0.4, -0.2) is 0 Å². The second-order valence-electron chi connectivity index (χ2n) is 21.9. The summed E-state index contributed by atoms with van der Waals surface area (Å²) in [6.07, 6.45) is 0. The van der Waals surface area contributed by atoms with Crippen molar-refractivity contribution >= 4 is 39.0 Å². The molecular weight excluding hydrogens is 739 g/mol. The number of rotatable bonds is 3. The van der Waals surface area contributed by atoms with E-state index in [0.717, 1.165) is 11.2 Å². The minimum atomic E-state index is -0.286. The number of benzene rings is 7. The number of furan rings is 1. The van der Waals surface area contributed by atoms with E-state index in [2.05, 4.69) is 215 Å². The van der Waals surface area contributed by atoms with Crippen LogP contribution >= 0.6 is 0 Å². The molecule has 0 amide bonds. The number of hydrogen-bond donors (Lipinski definition) is 0. The Bertz CT molecular complexity index is 3080. The zero-order valence-electron chi connectivity index (χ0n) is 38.0. The highest BCUT2D eigenvalue weighted by Crippen LogP contribution is 2.57. The van der Waals surface area contributed by atoms with E-state index in [1.165, 1.54) is 106 Å². The van der Waals surface area contributed by atoms with Crippen molar-refractivity contribution in [3.05, 3.63) is 172 Å². The fourth-order valence-electron chi connectivity index (χ4n) is 11.5. The molecule has 3 aliphatic rings. The largest absolute Gasteiger partial charge is 0.456 e. The minimum absolute atomic E-state index is 0.00228. The van der Waals surface area contributed by atoms with Crippen molar-refractivity contribution in [2.24, 2.45) is 0 Å². The lowest BCUT2D eigenvalue weighted by Crippen LogP contribution is -2.19. The quantitative estimate of drug-likeness (QED) is 0.177. The van der Waals surface area contributed by atoms with Crippen LogP contribution in [0.5, 0.6) is 0 Å². The first-order valence-corrected chi connectivity index (χ1v) is 22.3. The number of anilines is 3. The molecule has 0 saturated heterocycles. The first kappa shape index (κ1) is 38.1. The van der Waals surface area contributed by atoms with E-state index in [4.69, 9.17) is 4.42 Å². The Kier molecular flexibility index (Phi) is 7.59. The SMILES string of the molecule is CC(C)(C)c1cc(C(C)(C)C)c2oc3ccc4c(c3c2c1)C(C)(C)c1cc(N(c2ccc3c(c2)C(C)(C)c2ccccc2-3)c2ccc3c(c2)C(C)(C)c2ccccc2-3)ccc1-4. The zero-order valence-corrected chi connectivity index (χ0v) is 38.0. The monoisotopic (exact) mass is 795 g/mol. The van der Waals surface area contributed by atoms with Crippen LogP contribution in [-0.2, 0) is 27.1 Å². The summed E-state index contributed by atoms with van der Waals surface area (Å²) < 4.78 is 6.92. The Morgan fingerprint density at radius 3 is 1.36 bits per heavy atom. The average Bonchev–Trinajstić information content (AvgIpc) is 3.85. The van der Waals surface area contributed by atoms with Crippen LogP contribution in [0.1, 0.15) is 128 Å². The van der Waals surface area contributed by atoms with E-state index in [-0.39, 0.29) is 27.1 Å². The molecule has 7 aromatic carbocycles. The smallest absolute Gasteiger partial charge is 0.139 e. The van der Waals surface area contributed by atoms with Crippen molar-refractivity contribution in [1.82, 2.24) is 0 Å². The van der Waals surface area contributed by atoms with Gasteiger partial charge >= 0.3 is 0 Å². The summed E-state index contributed by atoms with van der Waals surface area (Å²) in [4.78, 5) is 2.52. The molecule has 61 heavy (non-hydrogen) atoms. The van der Waals surface area contributed by atoms with Crippen LogP contribution in [0.4, 0.5) is 17.1 Å². The van der Waals surface area contributed by atoms with Crippen molar-refractivity contribution in [2.75, 3.05) is 4.90 Å². The van der Waals surface area contributed by atoms with Gasteiger partial charge in [0.15, 0.2) is 0 Å². The van der Waals surface area contributed by atoms with Crippen molar-refractivity contribution in [3.63, 3.8) is 0 Å². The second kappa shape index (κ2) is 12.2. The molecular formula is C59H57NO. The van der Waals surface area contributed by atoms with Gasteiger partial charge in [-0.15, -0.1) is 0 Å². The van der Waals surface area contributed by atoms with Gasteiger partial charge in [-0.1, -0.05) is 162 Å². The van der Waals surface area contributed by atoms with E-state index in [1.807, 2.05) is 0 Å². The normalized spacial score (nSPS) is 16.3. The van der Waals surface area contributed by atoms with Gasteiger partial charge in [0.2, 0.25) is 0 Å². The lowest BCUT2D eigenvalue weighted by molar-refractivity contribution is 0.559. The summed E-state index contributed by atoms with van der Waals surface area (Å²) in [6, 6.07) is 48.8. The van der Waals surface area contributed by atoms with E-state index in [9.17, 15) is 0 Å². The molecule has 8 aromatic rings. The first-order valence-electron chi connectivity index (χ1n) is 22.3. The molecule has 2 heteroatoms. The van der Waals surface area contributed by atoms with E-state index in [1.54, 1.807) is 0 Å². The molecule has 0 bridgehead atoms. The van der Waals surface area contributed by atoms with Crippen LogP contribution in [0.3, 0.4) is 0 Å². The maximum atomic E-state index is 6.92. The fourth-order valence-corrected chi connectivity index (χ4v) is 11.5. The molecule has 0 unspecified atom stereocenters. The number of fused-ring (bicyclic) bond motifs is 13. The maximum Gasteiger partial charge on any atom is 0.139 e.